The average Bonchev–Trinajstić information content (AvgIpc) is 3.19. The highest BCUT2D eigenvalue weighted by Gasteiger charge is 2.35. The van der Waals surface area contributed by atoms with Crippen molar-refractivity contribution in [2.45, 2.75) is 25.0 Å². The predicted octanol–water partition coefficient (Wildman–Crippen LogP) is 5.59. The molecule has 1 N–H and O–H groups in total. The Bertz CT molecular complexity index is 1040. The van der Waals surface area contributed by atoms with E-state index in [9.17, 15) is 13.3 Å². The molecule has 3 rings (SSSR count). The molecule has 0 bridgehead atoms. The van der Waals surface area contributed by atoms with Crippen molar-refractivity contribution in [3.05, 3.63) is 64.8 Å². The van der Waals surface area contributed by atoms with Crippen LogP contribution in [0.3, 0.4) is 0 Å². The van der Waals surface area contributed by atoms with Crippen molar-refractivity contribution in [3.63, 3.8) is 0 Å². The zero-order chi connectivity index (χ0) is 21.8. The quantitative estimate of drug-likeness (QED) is 0.317. The van der Waals surface area contributed by atoms with E-state index in [1.165, 1.54) is 6.20 Å². The summed E-state index contributed by atoms with van der Waals surface area (Å²) in [6.07, 6.45) is 1.38. The summed E-state index contributed by atoms with van der Waals surface area (Å²) < 4.78 is 49.1. The van der Waals surface area contributed by atoms with Gasteiger partial charge in [-0.3, -0.25) is 9.55 Å². The second-order valence-electron chi connectivity index (χ2n) is 6.13. The summed E-state index contributed by atoms with van der Waals surface area (Å²) in [6, 6.07) is 10.3. The van der Waals surface area contributed by atoms with Crippen LogP contribution in [-0.4, -0.2) is 21.7 Å². The Morgan fingerprint density at radius 1 is 1.27 bits per heavy atom. The van der Waals surface area contributed by atoms with Gasteiger partial charge in [-0.2, -0.15) is 13.8 Å². The minimum Gasteiger partial charge on any atom is -0.331 e. The van der Waals surface area contributed by atoms with Gasteiger partial charge >= 0.3 is 11.3 Å². The molecule has 12 heteroatoms. The van der Waals surface area contributed by atoms with Crippen LogP contribution in [0.1, 0.15) is 24.1 Å². The third-order valence-electron chi connectivity index (χ3n) is 3.93. The fourth-order valence-electron chi connectivity index (χ4n) is 2.52. The molecule has 160 valence electrons. The van der Waals surface area contributed by atoms with Gasteiger partial charge < -0.3 is 9.05 Å². The summed E-state index contributed by atoms with van der Waals surface area (Å²) in [7, 11) is -3.27. The number of pyridine rings is 1. The van der Waals surface area contributed by atoms with Gasteiger partial charge in [0.25, 0.3) is 7.52 Å². The summed E-state index contributed by atoms with van der Waals surface area (Å²) in [5.41, 5.74) is 1.59. The van der Waals surface area contributed by atoms with Crippen molar-refractivity contribution in [1.82, 2.24) is 20.2 Å². The first-order valence-electron chi connectivity index (χ1n) is 8.78. The molecule has 0 fully saturated rings. The third-order valence-corrected chi connectivity index (χ3v) is 6.51. The van der Waals surface area contributed by atoms with Gasteiger partial charge in [0.05, 0.1) is 18.5 Å². The fraction of sp³-hybridized carbons (Fsp3) is 0.278. The standard InChI is InChI=1S/C18H17Cl2F2N4O3P/c1-2-28-30(27,24-10-12-5-3-4-6-15(12)19)11-14-8-7-13(9-23-14)16-25-17(29-26-16)18(20,21)22/h3-9H,2,10-11H2,1H3,(H,24,27). The number of hydrogen-bond acceptors (Lipinski definition) is 6. The number of rotatable bonds is 9. The number of aromatic nitrogens is 3. The number of alkyl halides is 3. The molecule has 0 aliphatic carbocycles. The van der Waals surface area contributed by atoms with E-state index < -0.39 is 18.8 Å². The molecule has 0 spiro atoms. The van der Waals surface area contributed by atoms with E-state index in [4.69, 9.17) is 27.7 Å². The van der Waals surface area contributed by atoms with Crippen LogP contribution in [-0.2, 0) is 27.2 Å². The Kier molecular flexibility index (Phi) is 7.21. The highest BCUT2D eigenvalue weighted by atomic mass is 35.5. The SMILES string of the molecule is CCOP(=O)(Cc1ccc(-c2noc(C(F)(F)Cl)n2)cn1)NCc1ccccc1Cl. The Balaban J connectivity index is 1.71. The van der Waals surface area contributed by atoms with E-state index >= 15 is 0 Å². The Morgan fingerprint density at radius 3 is 2.63 bits per heavy atom. The number of benzene rings is 1. The van der Waals surface area contributed by atoms with Crippen LogP contribution >= 0.6 is 30.7 Å². The molecular weight excluding hydrogens is 460 g/mol. The van der Waals surface area contributed by atoms with Crippen LogP contribution in [0, 0.1) is 0 Å². The lowest BCUT2D eigenvalue weighted by atomic mass is 10.2. The molecule has 1 aromatic carbocycles. The summed E-state index contributed by atoms with van der Waals surface area (Å²) in [5, 5.41) is 3.20. The van der Waals surface area contributed by atoms with Gasteiger partial charge in [0.15, 0.2) is 0 Å². The topological polar surface area (TPSA) is 90.1 Å². The molecule has 2 heterocycles. The lowest BCUT2D eigenvalue weighted by Crippen LogP contribution is -2.15. The zero-order valence-electron chi connectivity index (χ0n) is 15.7. The fourth-order valence-corrected chi connectivity index (χ4v) is 4.54. The van der Waals surface area contributed by atoms with Crippen LogP contribution in [0.25, 0.3) is 11.4 Å². The minimum absolute atomic E-state index is 0.0167. The van der Waals surface area contributed by atoms with Crippen molar-refractivity contribution in [2.24, 2.45) is 0 Å². The van der Waals surface area contributed by atoms with Crippen molar-refractivity contribution in [1.29, 1.82) is 0 Å². The number of nitrogens with one attached hydrogen (secondary N) is 1. The summed E-state index contributed by atoms with van der Waals surface area (Å²) in [6.45, 7) is 2.23. The highest BCUT2D eigenvalue weighted by molar-refractivity contribution is 7.56. The maximum Gasteiger partial charge on any atom is 0.400 e. The molecule has 0 aliphatic rings. The van der Waals surface area contributed by atoms with Gasteiger partial charge in [0.1, 0.15) is 0 Å². The summed E-state index contributed by atoms with van der Waals surface area (Å²) in [4.78, 5) is 7.76. The predicted molar refractivity (Wildman–Crippen MR) is 109 cm³/mol. The molecule has 0 aliphatic heterocycles. The first-order valence-corrected chi connectivity index (χ1v) is 11.3. The van der Waals surface area contributed by atoms with Gasteiger partial charge in [-0.25, -0.2) is 5.09 Å². The van der Waals surface area contributed by atoms with E-state index in [-0.39, 0.29) is 25.1 Å². The summed E-state index contributed by atoms with van der Waals surface area (Å²) >= 11 is 11.0. The van der Waals surface area contributed by atoms with E-state index in [2.05, 4.69) is 24.7 Å². The van der Waals surface area contributed by atoms with Crippen molar-refractivity contribution in [2.75, 3.05) is 6.61 Å². The van der Waals surface area contributed by atoms with Gasteiger partial charge in [0.2, 0.25) is 5.82 Å². The molecule has 30 heavy (non-hydrogen) atoms. The van der Waals surface area contributed by atoms with Crippen LogP contribution in [0.2, 0.25) is 5.02 Å². The maximum atomic E-state index is 13.2. The van der Waals surface area contributed by atoms with Gasteiger partial charge in [0, 0.05) is 23.3 Å². The second kappa shape index (κ2) is 9.49. The molecule has 0 saturated carbocycles. The number of nitrogens with zero attached hydrogens (tertiary/aromatic N) is 3. The molecule has 0 radical (unpaired) electrons. The molecule has 0 saturated heterocycles. The van der Waals surface area contributed by atoms with Crippen molar-refractivity contribution < 1.29 is 22.4 Å². The van der Waals surface area contributed by atoms with Crippen LogP contribution < -0.4 is 5.09 Å². The Morgan fingerprint density at radius 2 is 2.03 bits per heavy atom. The van der Waals surface area contributed by atoms with Gasteiger partial charge in [-0.05, 0) is 42.3 Å². The third kappa shape index (κ3) is 5.83. The van der Waals surface area contributed by atoms with Crippen LogP contribution in [0.5, 0.6) is 0 Å². The molecule has 2 aromatic heterocycles. The average molecular weight is 477 g/mol. The molecular formula is C18H17Cl2F2N4O3P. The smallest absolute Gasteiger partial charge is 0.331 e. The van der Waals surface area contributed by atoms with Crippen LogP contribution in [0.15, 0.2) is 47.1 Å². The van der Waals surface area contributed by atoms with Gasteiger partial charge in [-0.1, -0.05) is 35.0 Å². The first-order chi connectivity index (χ1) is 14.2. The van der Waals surface area contributed by atoms with Gasteiger partial charge in [-0.15, -0.1) is 0 Å². The lowest BCUT2D eigenvalue weighted by Gasteiger charge is -2.19. The molecule has 3 aromatic rings. The molecule has 0 amide bonds. The zero-order valence-corrected chi connectivity index (χ0v) is 18.1. The Hall–Kier alpha value is -1.90. The summed E-state index contributed by atoms with van der Waals surface area (Å²) in [5.74, 6) is -1.10. The van der Waals surface area contributed by atoms with E-state index in [1.807, 2.05) is 12.1 Å². The van der Waals surface area contributed by atoms with Crippen LogP contribution in [0.4, 0.5) is 8.78 Å². The van der Waals surface area contributed by atoms with E-state index in [1.54, 1.807) is 31.2 Å². The monoisotopic (exact) mass is 476 g/mol. The minimum atomic E-state index is -3.75. The first kappa shape index (κ1) is 22.8. The largest absolute Gasteiger partial charge is 0.400 e. The normalized spacial score (nSPS) is 13.9. The maximum absolute atomic E-state index is 13.2. The number of hydrogen-bond donors (Lipinski definition) is 1. The van der Waals surface area contributed by atoms with E-state index in [0.717, 1.165) is 5.56 Å². The second-order valence-corrected chi connectivity index (χ2v) is 9.25. The molecule has 7 nitrogen and oxygen atoms in total. The Labute approximate surface area is 181 Å². The van der Waals surface area contributed by atoms with Crippen molar-refractivity contribution >= 4 is 30.7 Å². The van der Waals surface area contributed by atoms with Crippen molar-refractivity contribution in [3.8, 4) is 11.4 Å². The molecule has 1 unspecified atom stereocenters. The molecule has 1 atom stereocenters. The van der Waals surface area contributed by atoms with E-state index in [0.29, 0.717) is 16.3 Å². The highest BCUT2D eigenvalue weighted by Crippen LogP contribution is 2.46. The number of halogens is 4. The lowest BCUT2D eigenvalue weighted by molar-refractivity contribution is 0.0551.